The van der Waals surface area contributed by atoms with Gasteiger partial charge < -0.3 is 15.3 Å². The lowest BCUT2D eigenvalue weighted by Gasteiger charge is -2.28. The lowest BCUT2D eigenvalue weighted by atomic mass is 9.87. The first-order valence-corrected chi connectivity index (χ1v) is 8.06. The van der Waals surface area contributed by atoms with E-state index in [1.54, 1.807) is 6.07 Å². The van der Waals surface area contributed by atoms with Gasteiger partial charge in [0.25, 0.3) is 0 Å². The van der Waals surface area contributed by atoms with E-state index in [2.05, 4.69) is 47.6 Å². The molecule has 0 spiro atoms. The van der Waals surface area contributed by atoms with E-state index in [1.807, 2.05) is 12.1 Å². The van der Waals surface area contributed by atoms with Crippen molar-refractivity contribution >= 4 is 5.69 Å². The first-order valence-electron chi connectivity index (χ1n) is 8.06. The van der Waals surface area contributed by atoms with E-state index in [9.17, 15) is 5.11 Å². The molecular formula is C19H24N2O. The molecule has 0 aliphatic heterocycles. The number of anilines is 1. The molecule has 1 aliphatic carbocycles. The topological polar surface area (TPSA) is 35.5 Å². The Morgan fingerprint density at radius 1 is 1.14 bits per heavy atom. The fraction of sp³-hybridized carbons (Fsp3) is 0.368. The molecule has 3 nitrogen and oxygen atoms in total. The van der Waals surface area contributed by atoms with Crippen molar-refractivity contribution in [2.24, 2.45) is 0 Å². The lowest BCUT2D eigenvalue weighted by Crippen LogP contribution is -2.33. The number of phenols is 1. The van der Waals surface area contributed by atoms with Crippen molar-refractivity contribution in [2.45, 2.75) is 25.3 Å². The zero-order chi connectivity index (χ0) is 15.4. The SMILES string of the molecule is CN(CCN[C@@H]1CCCc2c(O)cccc21)c1ccccc1. The Bertz CT molecular complexity index is 612. The lowest BCUT2D eigenvalue weighted by molar-refractivity contribution is 0.432. The monoisotopic (exact) mass is 296 g/mol. The maximum Gasteiger partial charge on any atom is 0.119 e. The minimum atomic E-state index is 0.361. The van der Waals surface area contributed by atoms with Crippen LogP contribution in [0.4, 0.5) is 5.69 Å². The van der Waals surface area contributed by atoms with E-state index in [1.165, 1.54) is 11.3 Å². The summed E-state index contributed by atoms with van der Waals surface area (Å²) in [6.07, 6.45) is 3.27. The Morgan fingerprint density at radius 2 is 1.95 bits per heavy atom. The molecule has 0 bridgehead atoms. The summed E-state index contributed by atoms with van der Waals surface area (Å²) in [5.74, 6) is 0.449. The normalized spacial score (nSPS) is 17.0. The van der Waals surface area contributed by atoms with Crippen LogP contribution >= 0.6 is 0 Å². The summed E-state index contributed by atoms with van der Waals surface area (Å²) < 4.78 is 0. The number of likely N-dealkylation sites (N-methyl/N-ethyl adjacent to an activating group) is 1. The second-order valence-corrected chi connectivity index (χ2v) is 6.00. The Kier molecular flexibility index (Phi) is 4.64. The number of benzene rings is 2. The standard InChI is InChI=1S/C19H24N2O/c1-21(15-7-3-2-4-8-15)14-13-20-18-11-5-10-17-16(18)9-6-12-19(17)22/h2-4,6-9,12,18,20,22H,5,10-11,13-14H2,1H3/t18-/m1/s1. The van der Waals surface area contributed by atoms with Crippen molar-refractivity contribution in [3.05, 3.63) is 59.7 Å². The van der Waals surface area contributed by atoms with E-state index in [0.717, 1.165) is 37.9 Å². The third-order valence-corrected chi connectivity index (χ3v) is 4.52. The van der Waals surface area contributed by atoms with Crippen molar-refractivity contribution in [2.75, 3.05) is 25.0 Å². The number of nitrogens with zero attached hydrogens (tertiary/aromatic N) is 1. The van der Waals surface area contributed by atoms with Crippen LogP contribution in [0.15, 0.2) is 48.5 Å². The number of hydrogen-bond acceptors (Lipinski definition) is 3. The molecule has 116 valence electrons. The minimum absolute atomic E-state index is 0.361. The maximum absolute atomic E-state index is 10.0. The van der Waals surface area contributed by atoms with Gasteiger partial charge in [0.15, 0.2) is 0 Å². The van der Waals surface area contributed by atoms with Gasteiger partial charge in [0.2, 0.25) is 0 Å². The highest BCUT2D eigenvalue weighted by Crippen LogP contribution is 2.34. The van der Waals surface area contributed by atoms with E-state index < -0.39 is 0 Å². The van der Waals surface area contributed by atoms with Gasteiger partial charge in [-0.05, 0) is 48.6 Å². The van der Waals surface area contributed by atoms with Gasteiger partial charge in [0.05, 0.1) is 0 Å². The number of para-hydroxylation sites is 1. The molecule has 0 fully saturated rings. The number of rotatable bonds is 5. The number of phenolic OH excluding ortho intramolecular Hbond substituents is 1. The number of aromatic hydroxyl groups is 1. The van der Waals surface area contributed by atoms with Crippen LogP contribution in [0.1, 0.15) is 30.0 Å². The van der Waals surface area contributed by atoms with E-state index in [-0.39, 0.29) is 0 Å². The van der Waals surface area contributed by atoms with Crippen LogP contribution in [0.3, 0.4) is 0 Å². The van der Waals surface area contributed by atoms with Crippen LogP contribution < -0.4 is 10.2 Å². The van der Waals surface area contributed by atoms with Crippen LogP contribution in [-0.2, 0) is 6.42 Å². The molecule has 0 unspecified atom stereocenters. The van der Waals surface area contributed by atoms with Gasteiger partial charge in [-0.1, -0.05) is 30.3 Å². The Balaban J connectivity index is 1.58. The molecule has 0 heterocycles. The van der Waals surface area contributed by atoms with Crippen molar-refractivity contribution in [3.8, 4) is 5.75 Å². The average Bonchev–Trinajstić information content (AvgIpc) is 2.56. The molecule has 0 saturated carbocycles. The molecule has 2 aromatic rings. The second kappa shape index (κ2) is 6.84. The Hall–Kier alpha value is -2.00. The van der Waals surface area contributed by atoms with Gasteiger partial charge in [-0.3, -0.25) is 0 Å². The molecule has 1 aliphatic rings. The summed E-state index contributed by atoms with van der Waals surface area (Å²) in [7, 11) is 2.12. The van der Waals surface area contributed by atoms with Crippen LogP contribution in [-0.4, -0.2) is 25.2 Å². The fourth-order valence-electron chi connectivity index (χ4n) is 3.26. The molecule has 0 saturated heterocycles. The molecule has 0 radical (unpaired) electrons. The first kappa shape index (κ1) is 14.9. The quantitative estimate of drug-likeness (QED) is 0.886. The molecule has 2 N–H and O–H groups in total. The molecule has 3 rings (SSSR count). The highest BCUT2D eigenvalue weighted by Gasteiger charge is 2.21. The Morgan fingerprint density at radius 3 is 2.77 bits per heavy atom. The molecule has 2 aromatic carbocycles. The summed E-state index contributed by atoms with van der Waals surface area (Å²) >= 11 is 0. The van der Waals surface area contributed by atoms with Crippen LogP contribution in [0.25, 0.3) is 0 Å². The second-order valence-electron chi connectivity index (χ2n) is 6.00. The van der Waals surface area contributed by atoms with Crippen molar-refractivity contribution in [1.29, 1.82) is 0 Å². The predicted molar refractivity (Wildman–Crippen MR) is 91.5 cm³/mol. The van der Waals surface area contributed by atoms with Gasteiger partial charge in [-0.2, -0.15) is 0 Å². The van der Waals surface area contributed by atoms with Gasteiger partial charge in [0, 0.05) is 31.9 Å². The van der Waals surface area contributed by atoms with E-state index >= 15 is 0 Å². The zero-order valence-electron chi connectivity index (χ0n) is 13.1. The van der Waals surface area contributed by atoms with Crippen LogP contribution in [0.2, 0.25) is 0 Å². The first-order chi connectivity index (χ1) is 10.8. The fourth-order valence-corrected chi connectivity index (χ4v) is 3.26. The number of hydrogen-bond donors (Lipinski definition) is 2. The van der Waals surface area contributed by atoms with Gasteiger partial charge in [0.1, 0.15) is 5.75 Å². The smallest absolute Gasteiger partial charge is 0.119 e. The molecule has 1 atom stereocenters. The van der Waals surface area contributed by atoms with Crippen molar-refractivity contribution < 1.29 is 5.11 Å². The van der Waals surface area contributed by atoms with Crippen LogP contribution in [0, 0.1) is 0 Å². The molecule has 0 amide bonds. The third kappa shape index (κ3) is 3.25. The predicted octanol–water partition coefficient (Wildman–Crippen LogP) is 3.50. The number of fused-ring (bicyclic) bond motifs is 1. The third-order valence-electron chi connectivity index (χ3n) is 4.52. The van der Waals surface area contributed by atoms with Gasteiger partial charge in [-0.25, -0.2) is 0 Å². The van der Waals surface area contributed by atoms with E-state index in [0.29, 0.717) is 11.8 Å². The summed E-state index contributed by atoms with van der Waals surface area (Å²) in [5, 5.41) is 13.7. The summed E-state index contributed by atoms with van der Waals surface area (Å²) in [6.45, 7) is 1.90. The summed E-state index contributed by atoms with van der Waals surface area (Å²) in [4.78, 5) is 2.26. The maximum atomic E-state index is 10.0. The Labute approximate surface area is 132 Å². The molecular weight excluding hydrogens is 272 g/mol. The van der Waals surface area contributed by atoms with Crippen LogP contribution in [0.5, 0.6) is 5.75 Å². The summed E-state index contributed by atoms with van der Waals surface area (Å²) in [6, 6.07) is 16.7. The van der Waals surface area contributed by atoms with Gasteiger partial charge >= 0.3 is 0 Å². The molecule has 0 aromatic heterocycles. The average molecular weight is 296 g/mol. The highest BCUT2D eigenvalue weighted by molar-refractivity contribution is 5.45. The van der Waals surface area contributed by atoms with Gasteiger partial charge in [-0.15, -0.1) is 0 Å². The highest BCUT2D eigenvalue weighted by atomic mass is 16.3. The largest absolute Gasteiger partial charge is 0.508 e. The molecule has 22 heavy (non-hydrogen) atoms. The summed E-state index contributed by atoms with van der Waals surface area (Å²) in [5.41, 5.74) is 3.64. The molecule has 3 heteroatoms. The van der Waals surface area contributed by atoms with E-state index in [4.69, 9.17) is 0 Å². The zero-order valence-corrected chi connectivity index (χ0v) is 13.1. The van der Waals surface area contributed by atoms with Crippen molar-refractivity contribution in [1.82, 2.24) is 5.32 Å². The minimum Gasteiger partial charge on any atom is -0.508 e. The van der Waals surface area contributed by atoms with Crippen molar-refractivity contribution in [3.63, 3.8) is 0 Å². The number of nitrogens with one attached hydrogen (secondary N) is 1.